The minimum atomic E-state index is -0.122. The predicted octanol–water partition coefficient (Wildman–Crippen LogP) is 3.18. The van der Waals surface area contributed by atoms with Crippen LogP contribution in [-0.2, 0) is 9.53 Å². The van der Waals surface area contributed by atoms with Crippen molar-refractivity contribution >= 4 is 5.97 Å². The van der Waals surface area contributed by atoms with E-state index < -0.39 is 0 Å². The molecule has 1 aliphatic heterocycles. The second kappa shape index (κ2) is 8.03. The Balaban J connectivity index is 2.11. The number of hydrogen-bond donors (Lipinski definition) is 0. The van der Waals surface area contributed by atoms with E-state index in [1.165, 1.54) is 12.8 Å². The quantitative estimate of drug-likeness (QED) is 0.723. The highest BCUT2D eigenvalue weighted by Crippen LogP contribution is 2.29. The van der Waals surface area contributed by atoms with Crippen LogP contribution in [0.5, 0.6) is 5.75 Å². The molecule has 1 atom stereocenters. The average molecular weight is 291 g/mol. The van der Waals surface area contributed by atoms with Gasteiger partial charge in [-0.25, -0.2) is 0 Å². The molecule has 1 saturated heterocycles. The lowest BCUT2D eigenvalue weighted by Gasteiger charge is -2.27. The summed E-state index contributed by atoms with van der Waals surface area (Å²) in [5, 5.41) is 0. The van der Waals surface area contributed by atoms with Crippen LogP contribution in [0.1, 0.15) is 44.7 Å². The maximum Gasteiger partial charge on any atom is 0.307 e. The summed E-state index contributed by atoms with van der Waals surface area (Å²) in [6, 6.07) is 8.20. The van der Waals surface area contributed by atoms with E-state index in [2.05, 4.69) is 17.0 Å². The van der Waals surface area contributed by atoms with Gasteiger partial charge in [0.25, 0.3) is 0 Å². The van der Waals surface area contributed by atoms with Gasteiger partial charge in [-0.2, -0.15) is 0 Å². The molecule has 1 aromatic rings. The van der Waals surface area contributed by atoms with Crippen LogP contribution in [0.4, 0.5) is 0 Å². The van der Waals surface area contributed by atoms with Gasteiger partial charge in [-0.05, 0) is 57.5 Å². The molecule has 2 rings (SSSR count). The number of likely N-dealkylation sites (tertiary alicyclic amines) is 1. The Hall–Kier alpha value is -1.55. The number of nitrogens with zero attached hydrogens (tertiary/aromatic N) is 1. The van der Waals surface area contributed by atoms with Crippen LogP contribution in [-0.4, -0.2) is 37.2 Å². The van der Waals surface area contributed by atoms with Crippen LogP contribution >= 0.6 is 0 Å². The van der Waals surface area contributed by atoms with Crippen LogP contribution < -0.4 is 4.74 Å². The number of rotatable bonds is 7. The number of ether oxygens (including phenoxy) is 2. The Morgan fingerprint density at radius 1 is 1.14 bits per heavy atom. The van der Waals surface area contributed by atoms with Crippen molar-refractivity contribution in [2.24, 2.45) is 0 Å². The number of hydrogen-bond acceptors (Lipinski definition) is 4. The summed E-state index contributed by atoms with van der Waals surface area (Å²) in [6.07, 6.45) is 2.83. The predicted molar refractivity (Wildman–Crippen MR) is 82.4 cm³/mol. The normalized spacial score (nSPS) is 16.7. The van der Waals surface area contributed by atoms with E-state index >= 15 is 0 Å². The molecule has 4 nitrogen and oxygen atoms in total. The number of carbonyl (C=O) groups excluding carboxylic acids is 1. The SMILES string of the molecule is CCOC(=O)CC(c1ccc(OCC)cc1)N1CCCC1. The summed E-state index contributed by atoms with van der Waals surface area (Å²) >= 11 is 0. The molecule has 21 heavy (non-hydrogen) atoms. The minimum absolute atomic E-state index is 0.113. The highest BCUT2D eigenvalue weighted by molar-refractivity contribution is 5.70. The fraction of sp³-hybridized carbons (Fsp3) is 0.588. The van der Waals surface area contributed by atoms with Gasteiger partial charge in [-0.15, -0.1) is 0 Å². The minimum Gasteiger partial charge on any atom is -0.494 e. The van der Waals surface area contributed by atoms with Gasteiger partial charge in [0.15, 0.2) is 0 Å². The average Bonchev–Trinajstić information content (AvgIpc) is 3.00. The maximum absolute atomic E-state index is 11.9. The van der Waals surface area contributed by atoms with Crippen LogP contribution in [0.15, 0.2) is 24.3 Å². The monoisotopic (exact) mass is 291 g/mol. The molecular formula is C17H25NO3. The van der Waals surface area contributed by atoms with Gasteiger partial charge in [0.05, 0.1) is 19.6 Å². The summed E-state index contributed by atoms with van der Waals surface area (Å²) in [5.74, 6) is 0.751. The standard InChI is InChI=1S/C17H25NO3/c1-3-20-15-9-7-14(8-10-15)16(13-17(19)21-4-2)18-11-5-6-12-18/h7-10,16H,3-6,11-13H2,1-2H3. The van der Waals surface area contributed by atoms with E-state index in [1.807, 2.05) is 26.0 Å². The highest BCUT2D eigenvalue weighted by atomic mass is 16.5. The zero-order valence-corrected chi connectivity index (χ0v) is 13.0. The van der Waals surface area contributed by atoms with Crippen LogP contribution in [0, 0.1) is 0 Å². The molecule has 116 valence electrons. The van der Waals surface area contributed by atoms with E-state index in [-0.39, 0.29) is 12.0 Å². The molecule has 4 heteroatoms. The lowest BCUT2D eigenvalue weighted by Crippen LogP contribution is -2.28. The van der Waals surface area contributed by atoms with Crippen molar-refractivity contribution in [1.29, 1.82) is 0 Å². The molecule has 0 aliphatic carbocycles. The summed E-state index contributed by atoms with van der Waals surface area (Å²) in [5.41, 5.74) is 1.16. The Morgan fingerprint density at radius 2 is 1.81 bits per heavy atom. The second-order valence-corrected chi connectivity index (χ2v) is 5.27. The van der Waals surface area contributed by atoms with E-state index in [4.69, 9.17) is 9.47 Å². The summed E-state index contributed by atoms with van der Waals surface area (Å²) in [4.78, 5) is 14.3. The summed E-state index contributed by atoms with van der Waals surface area (Å²) in [7, 11) is 0. The third-order valence-electron chi connectivity index (χ3n) is 3.82. The molecular weight excluding hydrogens is 266 g/mol. The molecule has 1 heterocycles. The molecule has 1 aromatic carbocycles. The van der Waals surface area contributed by atoms with Crippen molar-refractivity contribution in [3.63, 3.8) is 0 Å². The van der Waals surface area contributed by atoms with Crippen molar-refractivity contribution in [3.05, 3.63) is 29.8 Å². The molecule has 1 unspecified atom stereocenters. The van der Waals surface area contributed by atoms with Crippen LogP contribution in [0.2, 0.25) is 0 Å². The van der Waals surface area contributed by atoms with Gasteiger partial charge >= 0.3 is 5.97 Å². The zero-order chi connectivity index (χ0) is 15.1. The molecule has 1 aliphatic rings. The lowest BCUT2D eigenvalue weighted by atomic mass is 10.0. The molecule has 0 N–H and O–H groups in total. The van der Waals surface area contributed by atoms with Gasteiger partial charge in [0.2, 0.25) is 0 Å². The Morgan fingerprint density at radius 3 is 2.38 bits per heavy atom. The number of benzene rings is 1. The molecule has 0 aromatic heterocycles. The van der Waals surface area contributed by atoms with Crippen molar-refractivity contribution in [2.75, 3.05) is 26.3 Å². The van der Waals surface area contributed by atoms with E-state index in [1.54, 1.807) is 0 Å². The fourth-order valence-electron chi connectivity index (χ4n) is 2.84. The molecule has 0 saturated carbocycles. The number of carbonyl (C=O) groups is 1. The van der Waals surface area contributed by atoms with Crippen LogP contribution in [0.3, 0.4) is 0 Å². The fourth-order valence-corrected chi connectivity index (χ4v) is 2.84. The van der Waals surface area contributed by atoms with E-state index in [0.29, 0.717) is 19.6 Å². The maximum atomic E-state index is 11.9. The highest BCUT2D eigenvalue weighted by Gasteiger charge is 2.26. The van der Waals surface area contributed by atoms with E-state index in [0.717, 1.165) is 24.4 Å². The van der Waals surface area contributed by atoms with Crippen molar-refractivity contribution < 1.29 is 14.3 Å². The van der Waals surface area contributed by atoms with Crippen LogP contribution in [0.25, 0.3) is 0 Å². The third kappa shape index (κ3) is 4.46. The molecule has 1 fully saturated rings. The molecule has 0 spiro atoms. The molecule has 0 radical (unpaired) electrons. The molecule has 0 amide bonds. The third-order valence-corrected chi connectivity index (χ3v) is 3.82. The van der Waals surface area contributed by atoms with Crippen molar-refractivity contribution in [1.82, 2.24) is 4.90 Å². The summed E-state index contributed by atoms with van der Waals surface area (Å²) in [6.45, 7) is 7.03. The Labute approximate surface area is 127 Å². The lowest BCUT2D eigenvalue weighted by molar-refractivity contribution is -0.144. The van der Waals surface area contributed by atoms with Crippen molar-refractivity contribution in [2.45, 2.75) is 39.2 Å². The first-order valence-corrected chi connectivity index (χ1v) is 7.87. The zero-order valence-electron chi connectivity index (χ0n) is 13.0. The van der Waals surface area contributed by atoms with E-state index in [9.17, 15) is 4.79 Å². The summed E-state index contributed by atoms with van der Waals surface area (Å²) < 4.78 is 10.6. The largest absolute Gasteiger partial charge is 0.494 e. The van der Waals surface area contributed by atoms with Gasteiger partial charge < -0.3 is 9.47 Å². The van der Waals surface area contributed by atoms with Gasteiger partial charge in [-0.1, -0.05) is 12.1 Å². The Bertz CT molecular complexity index is 438. The number of esters is 1. The van der Waals surface area contributed by atoms with Gasteiger partial charge in [-0.3, -0.25) is 9.69 Å². The topological polar surface area (TPSA) is 38.8 Å². The Kier molecular flexibility index (Phi) is 6.05. The smallest absolute Gasteiger partial charge is 0.307 e. The first-order chi connectivity index (χ1) is 10.2. The van der Waals surface area contributed by atoms with Gasteiger partial charge in [0.1, 0.15) is 5.75 Å². The first-order valence-electron chi connectivity index (χ1n) is 7.87. The second-order valence-electron chi connectivity index (χ2n) is 5.27. The first kappa shape index (κ1) is 15.8. The van der Waals surface area contributed by atoms with Crippen molar-refractivity contribution in [3.8, 4) is 5.75 Å². The van der Waals surface area contributed by atoms with Gasteiger partial charge in [0, 0.05) is 6.04 Å². The molecule has 0 bridgehead atoms.